The van der Waals surface area contributed by atoms with Crippen LogP contribution in [-0.2, 0) is 18.4 Å². The molecule has 0 aliphatic heterocycles. The summed E-state index contributed by atoms with van der Waals surface area (Å²) in [5, 5.41) is 13.8. The lowest BCUT2D eigenvalue weighted by Gasteiger charge is -2.29. The Labute approximate surface area is 417 Å². The average Bonchev–Trinajstić information content (AvgIpc) is 3.29. The second-order valence-electron chi connectivity index (χ2n) is 21.0. The summed E-state index contributed by atoms with van der Waals surface area (Å²) in [5.41, 5.74) is 0. The van der Waals surface area contributed by atoms with Crippen molar-refractivity contribution in [3.8, 4) is 0 Å². The van der Waals surface area contributed by atoms with Crippen LogP contribution >= 0.6 is 7.82 Å². The molecule has 3 unspecified atom stereocenters. The highest BCUT2D eigenvalue weighted by Crippen LogP contribution is 2.38. The normalized spacial score (nSPS) is 14.2. The Balaban J connectivity index is 3.96. The van der Waals surface area contributed by atoms with Crippen LogP contribution in [0.2, 0.25) is 0 Å². The number of allylic oxidation sites excluding steroid dienone is 5. The van der Waals surface area contributed by atoms with Gasteiger partial charge in [0.1, 0.15) is 13.2 Å². The van der Waals surface area contributed by atoms with Crippen molar-refractivity contribution in [1.82, 2.24) is 5.32 Å². The van der Waals surface area contributed by atoms with Gasteiger partial charge in [0.2, 0.25) is 5.91 Å². The number of aliphatic hydroxyl groups is 1. The van der Waals surface area contributed by atoms with E-state index in [-0.39, 0.29) is 12.5 Å². The average molecular weight is 966 g/mol. The minimum Gasteiger partial charge on any atom is -0.756 e. The Hall–Kier alpha value is -1.28. The molecule has 0 aromatic carbocycles. The Kier molecular flexibility index (Phi) is 48.7. The van der Waals surface area contributed by atoms with Crippen LogP contribution in [0, 0.1) is 0 Å². The highest BCUT2D eigenvalue weighted by Gasteiger charge is 2.23. The van der Waals surface area contributed by atoms with Crippen molar-refractivity contribution in [3.63, 3.8) is 0 Å². The molecule has 0 aromatic rings. The van der Waals surface area contributed by atoms with Crippen LogP contribution in [0.5, 0.6) is 0 Å². The number of nitrogens with zero attached hydrogens (tertiary/aromatic N) is 1. The number of phosphoric acid groups is 1. The molecule has 0 radical (unpaired) electrons. The number of quaternary nitrogens is 1. The second-order valence-corrected chi connectivity index (χ2v) is 22.4. The molecule has 0 aromatic heterocycles. The zero-order chi connectivity index (χ0) is 49.2. The summed E-state index contributed by atoms with van der Waals surface area (Å²) in [6.45, 7) is 4.59. The van der Waals surface area contributed by atoms with E-state index >= 15 is 0 Å². The fourth-order valence-electron chi connectivity index (χ4n) is 8.53. The molecule has 0 heterocycles. The maximum atomic E-state index is 12.9. The van der Waals surface area contributed by atoms with Crippen molar-refractivity contribution in [2.75, 3.05) is 40.9 Å². The van der Waals surface area contributed by atoms with Gasteiger partial charge in [-0.25, -0.2) is 0 Å². The number of carbonyl (C=O) groups is 1. The highest BCUT2D eigenvalue weighted by atomic mass is 31.2. The molecular formula is C58H113N2O6P. The summed E-state index contributed by atoms with van der Waals surface area (Å²) in [4.78, 5) is 25.4. The van der Waals surface area contributed by atoms with Gasteiger partial charge in [-0.1, -0.05) is 269 Å². The number of aliphatic hydroxyl groups excluding tert-OH is 1. The van der Waals surface area contributed by atoms with Crippen LogP contribution in [-0.4, -0.2) is 68.5 Å². The zero-order valence-electron chi connectivity index (χ0n) is 45.1. The SMILES string of the molecule is CCCC/C=C/CC/C=C/CC/C=C/C(O)C(COP(=O)([O-])OCC[N+](C)(C)C)NC(=O)CCCCCCCCCCCCCCCCCCCCCCCCCCCCCCCCCCC. The third kappa shape index (κ3) is 52.4. The maximum absolute atomic E-state index is 12.9. The van der Waals surface area contributed by atoms with E-state index in [1.807, 2.05) is 27.2 Å². The quantitative estimate of drug-likeness (QED) is 0.0272. The smallest absolute Gasteiger partial charge is 0.268 e. The molecule has 9 heteroatoms. The summed E-state index contributed by atoms with van der Waals surface area (Å²) in [6.07, 6.45) is 64.0. The van der Waals surface area contributed by atoms with Crippen LogP contribution < -0.4 is 10.2 Å². The number of nitrogens with one attached hydrogen (secondary N) is 1. The minimum absolute atomic E-state index is 0.00779. The molecule has 0 spiro atoms. The van der Waals surface area contributed by atoms with E-state index in [9.17, 15) is 19.4 Å². The Bertz CT molecular complexity index is 1190. The van der Waals surface area contributed by atoms with Gasteiger partial charge in [0.15, 0.2) is 0 Å². The van der Waals surface area contributed by atoms with Crippen LogP contribution in [0.15, 0.2) is 36.5 Å². The van der Waals surface area contributed by atoms with Crippen molar-refractivity contribution in [2.45, 2.75) is 289 Å². The first-order valence-electron chi connectivity index (χ1n) is 28.9. The maximum Gasteiger partial charge on any atom is 0.268 e. The number of rotatable bonds is 53. The largest absolute Gasteiger partial charge is 0.756 e. The first-order chi connectivity index (χ1) is 32.5. The lowest BCUT2D eigenvalue weighted by Crippen LogP contribution is -2.45. The van der Waals surface area contributed by atoms with E-state index in [2.05, 4.69) is 43.5 Å². The van der Waals surface area contributed by atoms with Crippen molar-refractivity contribution >= 4 is 13.7 Å². The van der Waals surface area contributed by atoms with Crippen molar-refractivity contribution in [3.05, 3.63) is 36.5 Å². The van der Waals surface area contributed by atoms with E-state index in [1.165, 1.54) is 205 Å². The summed E-state index contributed by atoms with van der Waals surface area (Å²) in [5.74, 6) is -0.208. The van der Waals surface area contributed by atoms with Gasteiger partial charge in [-0.2, -0.15) is 0 Å². The fraction of sp³-hybridized carbons (Fsp3) is 0.879. The van der Waals surface area contributed by atoms with Crippen LogP contribution in [0.4, 0.5) is 0 Å². The van der Waals surface area contributed by atoms with Gasteiger partial charge in [-0.3, -0.25) is 9.36 Å². The molecule has 0 rings (SSSR count). The van der Waals surface area contributed by atoms with Crippen molar-refractivity contribution < 1.29 is 32.9 Å². The molecule has 0 aliphatic rings. The first-order valence-corrected chi connectivity index (χ1v) is 30.3. The van der Waals surface area contributed by atoms with Gasteiger partial charge in [0.25, 0.3) is 7.82 Å². The molecule has 67 heavy (non-hydrogen) atoms. The molecule has 8 nitrogen and oxygen atoms in total. The van der Waals surface area contributed by atoms with E-state index in [4.69, 9.17) is 9.05 Å². The van der Waals surface area contributed by atoms with Gasteiger partial charge in [0, 0.05) is 6.42 Å². The van der Waals surface area contributed by atoms with Gasteiger partial charge < -0.3 is 28.8 Å². The minimum atomic E-state index is -4.60. The first kappa shape index (κ1) is 65.7. The molecule has 1 amide bonds. The van der Waals surface area contributed by atoms with Gasteiger partial charge in [-0.05, 0) is 38.5 Å². The Morgan fingerprint density at radius 2 is 0.836 bits per heavy atom. The molecule has 0 fully saturated rings. The number of hydrogen-bond donors (Lipinski definition) is 2. The Morgan fingerprint density at radius 3 is 1.19 bits per heavy atom. The standard InChI is InChI=1S/C58H113N2O6P/c1-6-8-10-12-14-16-18-20-21-22-23-24-25-26-27-28-29-30-31-32-33-34-35-36-37-38-39-40-42-44-46-48-50-52-58(62)59-56(55-66-67(63,64)65-54-53-60(3,4)5)57(61)51-49-47-45-43-41-19-17-15-13-11-9-7-2/h13,15,41,43,49,51,56-57,61H,6-12,14,16-40,42,44-48,50,52-55H2,1-5H3,(H-,59,62,63,64)/b15-13+,43-41+,51-49+. The third-order valence-corrected chi connectivity index (χ3v) is 14.0. The summed E-state index contributed by atoms with van der Waals surface area (Å²) < 4.78 is 23.2. The second kappa shape index (κ2) is 49.7. The van der Waals surface area contributed by atoms with E-state index in [0.29, 0.717) is 17.4 Å². The Morgan fingerprint density at radius 1 is 0.507 bits per heavy atom. The number of carbonyl (C=O) groups excluding carboxylic acids is 1. The van der Waals surface area contributed by atoms with E-state index in [0.717, 1.165) is 51.4 Å². The van der Waals surface area contributed by atoms with E-state index in [1.54, 1.807) is 6.08 Å². The fourth-order valence-corrected chi connectivity index (χ4v) is 9.25. The van der Waals surface area contributed by atoms with Gasteiger partial charge >= 0.3 is 0 Å². The lowest BCUT2D eigenvalue weighted by atomic mass is 10.0. The number of hydrogen-bond acceptors (Lipinski definition) is 6. The number of phosphoric ester groups is 1. The van der Waals surface area contributed by atoms with Crippen LogP contribution in [0.3, 0.4) is 0 Å². The molecule has 0 aliphatic carbocycles. The van der Waals surface area contributed by atoms with Gasteiger partial charge in [-0.15, -0.1) is 0 Å². The summed E-state index contributed by atoms with van der Waals surface area (Å²) in [6, 6.07) is -0.906. The van der Waals surface area contributed by atoms with Crippen LogP contribution in [0.25, 0.3) is 0 Å². The lowest BCUT2D eigenvalue weighted by molar-refractivity contribution is -0.870. The molecule has 0 bridgehead atoms. The monoisotopic (exact) mass is 965 g/mol. The molecule has 3 atom stereocenters. The zero-order valence-corrected chi connectivity index (χ0v) is 46.0. The predicted octanol–water partition coefficient (Wildman–Crippen LogP) is 16.7. The van der Waals surface area contributed by atoms with Crippen LogP contribution in [0.1, 0.15) is 277 Å². The van der Waals surface area contributed by atoms with E-state index < -0.39 is 26.6 Å². The molecule has 0 saturated heterocycles. The third-order valence-electron chi connectivity index (χ3n) is 13.1. The summed E-state index contributed by atoms with van der Waals surface area (Å²) in [7, 11) is 1.24. The molecule has 0 saturated carbocycles. The molecule has 2 N–H and O–H groups in total. The number of unbranched alkanes of at least 4 members (excludes halogenated alkanes) is 36. The molecule has 396 valence electrons. The van der Waals surface area contributed by atoms with Crippen molar-refractivity contribution in [2.24, 2.45) is 0 Å². The summed E-state index contributed by atoms with van der Waals surface area (Å²) >= 11 is 0. The number of amides is 1. The number of likely N-dealkylation sites (N-methyl/N-ethyl adjacent to an activating group) is 1. The highest BCUT2D eigenvalue weighted by molar-refractivity contribution is 7.45. The predicted molar refractivity (Wildman–Crippen MR) is 288 cm³/mol. The van der Waals surface area contributed by atoms with Gasteiger partial charge in [0.05, 0.1) is 39.9 Å². The topological polar surface area (TPSA) is 108 Å². The molecular weight excluding hydrogens is 852 g/mol. The van der Waals surface area contributed by atoms with Crippen molar-refractivity contribution in [1.29, 1.82) is 0 Å².